The first-order valence-electron chi connectivity index (χ1n) is 9.50. The van der Waals surface area contributed by atoms with Gasteiger partial charge in [0.05, 0.1) is 12.3 Å². The van der Waals surface area contributed by atoms with E-state index in [9.17, 15) is 0 Å². The van der Waals surface area contributed by atoms with Crippen LogP contribution >= 0.6 is 0 Å². The van der Waals surface area contributed by atoms with Crippen LogP contribution in [0.4, 0.5) is 5.82 Å². The first kappa shape index (κ1) is 15.6. The largest absolute Gasteiger partial charge is 0.477 e. The smallest absolute Gasteiger partial charge is 0.213 e. The fourth-order valence-corrected chi connectivity index (χ4v) is 3.70. The normalized spacial score (nSPS) is 18.4. The molecule has 1 saturated carbocycles. The van der Waals surface area contributed by atoms with Crippen molar-refractivity contribution in [3.05, 3.63) is 48.5 Å². The van der Waals surface area contributed by atoms with Crippen LogP contribution in [0, 0.1) is 5.92 Å². The molecule has 0 atom stereocenters. The summed E-state index contributed by atoms with van der Waals surface area (Å²) < 4.78 is 7.83. The van der Waals surface area contributed by atoms with Gasteiger partial charge in [0, 0.05) is 43.7 Å². The first-order chi connectivity index (χ1) is 12.9. The van der Waals surface area contributed by atoms with Crippen LogP contribution in [0.15, 0.2) is 42.9 Å². The molecule has 0 N–H and O–H groups in total. The maximum atomic E-state index is 5.83. The summed E-state index contributed by atoms with van der Waals surface area (Å²) in [5, 5.41) is 4.73. The molecule has 1 aliphatic carbocycles. The second-order valence-corrected chi connectivity index (χ2v) is 7.33. The van der Waals surface area contributed by atoms with Crippen LogP contribution in [0.2, 0.25) is 0 Å². The lowest BCUT2D eigenvalue weighted by molar-refractivity contribution is 0.216. The third-order valence-corrected chi connectivity index (χ3v) is 5.40. The van der Waals surface area contributed by atoms with Crippen LogP contribution in [0.5, 0.6) is 5.88 Å². The van der Waals surface area contributed by atoms with Crippen LogP contribution in [-0.2, 0) is 0 Å². The molecule has 0 bridgehead atoms. The number of aromatic nitrogens is 4. The average molecular weight is 349 g/mol. The zero-order valence-corrected chi connectivity index (χ0v) is 14.8. The molecule has 6 nitrogen and oxygen atoms in total. The Morgan fingerprint density at radius 1 is 1.04 bits per heavy atom. The molecule has 2 fully saturated rings. The van der Waals surface area contributed by atoms with Gasteiger partial charge in [0.2, 0.25) is 5.88 Å². The van der Waals surface area contributed by atoms with Gasteiger partial charge in [-0.15, -0.1) is 0 Å². The van der Waals surface area contributed by atoms with Crippen molar-refractivity contribution in [3.63, 3.8) is 0 Å². The van der Waals surface area contributed by atoms with Crippen molar-refractivity contribution < 1.29 is 4.74 Å². The van der Waals surface area contributed by atoms with Crippen LogP contribution in [-0.4, -0.2) is 39.3 Å². The average Bonchev–Trinajstić information content (AvgIpc) is 3.46. The molecule has 4 heterocycles. The Morgan fingerprint density at radius 3 is 2.69 bits per heavy atom. The Bertz CT molecular complexity index is 882. The summed E-state index contributed by atoms with van der Waals surface area (Å²) in [5.41, 5.74) is 2.36. The molecular formula is C20H23N5O. The third-order valence-electron chi connectivity index (χ3n) is 5.40. The van der Waals surface area contributed by atoms with Crippen molar-refractivity contribution in [3.8, 4) is 5.88 Å². The molecule has 0 radical (unpaired) electrons. The van der Waals surface area contributed by atoms with E-state index >= 15 is 0 Å². The maximum absolute atomic E-state index is 5.83. The van der Waals surface area contributed by atoms with E-state index in [0.29, 0.717) is 17.7 Å². The van der Waals surface area contributed by atoms with Gasteiger partial charge in [-0.1, -0.05) is 6.07 Å². The van der Waals surface area contributed by atoms with Crippen LogP contribution in [0.3, 0.4) is 0 Å². The zero-order chi connectivity index (χ0) is 17.3. The van der Waals surface area contributed by atoms with Crippen LogP contribution in [0.25, 0.3) is 5.52 Å². The molecule has 134 valence electrons. The van der Waals surface area contributed by atoms with Gasteiger partial charge in [-0.2, -0.15) is 5.10 Å². The molecule has 5 rings (SSSR count). The number of ether oxygens (including phenoxy) is 1. The van der Waals surface area contributed by atoms with Gasteiger partial charge in [-0.05, 0) is 43.7 Å². The fraction of sp³-hybridized carbons (Fsp3) is 0.450. The summed E-state index contributed by atoms with van der Waals surface area (Å²) in [6.45, 7) is 2.75. The Morgan fingerprint density at radius 2 is 1.92 bits per heavy atom. The summed E-state index contributed by atoms with van der Waals surface area (Å²) in [6.07, 6.45) is 10.4. The molecular weight excluding hydrogens is 326 g/mol. The van der Waals surface area contributed by atoms with Crippen molar-refractivity contribution in [1.29, 1.82) is 0 Å². The molecule has 1 saturated heterocycles. The minimum Gasteiger partial charge on any atom is -0.477 e. The van der Waals surface area contributed by atoms with Crippen molar-refractivity contribution in [2.45, 2.75) is 31.6 Å². The number of nitrogens with zero attached hydrogens (tertiary/aromatic N) is 5. The number of rotatable bonds is 5. The number of anilines is 1. The fourth-order valence-electron chi connectivity index (χ4n) is 3.70. The first-order valence-corrected chi connectivity index (χ1v) is 9.50. The molecule has 3 aromatic heterocycles. The molecule has 0 amide bonds. The van der Waals surface area contributed by atoms with E-state index < -0.39 is 0 Å². The van der Waals surface area contributed by atoms with E-state index in [0.717, 1.165) is 43.9 Å². The molecule has 0 unspecified atom stereocenters. The van der Waals surface area contributed by atoms with E-state index in [1.54, 1.807) is 6.20 Å². The van der Waals surface area contributed by atoms with Crippen molar-refractivity contribution >= 4 is 11.3 Å². The Balaban J connectivity index is 1.24. The minimum absolute atomic E-state index is 0.569. The number of piperidine rings is 1. The summed E-state index contributed by atoms with van der Waals surface area (Å²) in [5.74, 6) is 3.02. The molecule has 26 heavy (non-hydrogen) atoms. The highest BCUT2D eigenvalue weighted by Gasteiger charge is 2.28. The lowest BCUT2D eigenvalue weighted by Gasteiger charge is -2.32. The Kier molecular flexibility index (Phi) is 3.96. The summed E-state index contributed by atoms with van der Waals surface area (Å²) in [4.78, 5) is 11.3. The topological polar surface area (TPSA) is 55.5 Å². The lowest BCUT2D eigenvalue weighted by Crippen LogP contribution is -2.36. The van der Waals surface area contributed by atoms with Crippen LogP contribution in [0.1, 0.15) is 37.3 Å². The van der Waals surface area contributed by atoms with E-state index in [4.69, 9.17) is 9.84 Å². The second kappa shape index (κ2) is 6.59. The van der Waals surface area contributed by atoms with Crippen molar-refractivity contribution in [1.82, 2.24) is 19.6 Å². The summed E-state index contributed by atoms with van der Waals surface area (Å²) >= 11 is 0. The van der Waals surface area contributed by atoms with Gasteiger partial charge in [0.1, 0.15) is 5.52 Å². The number of pyridine rings is 1. The van der Waals surface area contributed by atoms with E-state index in [1.807, 2.05) is 35.1 Å². The minimum atomic E-state index is 0.569. The molecule has 3 aromatic rings. The molecule has 6 heteroatoms. The van der Waals surface area contributed by atoms with Gasteiger partial charge in [-0.25, -0.2) is 14.5 Å². The monoisotopic (exact) mass is 349 g/mol. The standard InChI is InChI=1S/C20H23N5O/c1-2-8-21-19(3-1)26-14-15-6-10-24(11-7-15)20-18-13-17(16-4-5-16)23-25(18)12-9-22-20/h1-3,8-9,12-13,15-16H,4-7,10-11,14H2. The van der Waals surface area contributed by atoms with E-state index in [1.165, 1.54) is 18.5 Å². The maximum Gasteiger partial charge on any atom is 0.213 e. The predicted octanol–water partition coefficient (Wildman–Crippen LogP) is 3.30. The molecule has 0 aromatic carbocycles. The molecule has 2 aliphatic rings. The summed E-state index contributed by atoms with van der Waals surface area (Å²) in [6, 6.07) is 8.01. The van der Waals surface area contributed by atoms with Gasteiger partial charge in [-0.3, -0.25) is 0 Å². The second-order valence-electron chi connectivity index (χ2n) is 7.33. The lowest BCUT2D eigenvalue weighted by atomic mass is 9.98. The number of fused-ring (bicyclic) bond motifs is 1. The van der Waals surface area contributed by atoms with Crippen LogP contribution < -0.4 is 9.64 Å². The number of hydrogen-bond donors (Lipinski definition) is 0. The van der Waals surface area contributed by atoms with Crippen molar-refractivity contribution in [2.75, 3.05) is 24.6 Å². The highest BCUT2D eigenvalue weighted by molar-refractivity contribution is 5.69. The third kappa shape index (κ3) is 3.11. The van der Waals surface area contributed by atoms with Crippen molar-refractivity contribution in [2.24, 2.45) is 5.92 Å². The van der Waals surface area contributed by atoms with Gasteiger partial charge in [0.25, 0.3) is 0 Å². The Labute approximate surface area is 152 Å². The van der Waals surface area contributed by atoms with E-state index in [2.05, 4.69) is 20.9 Å². The summed E-state index contributed by atoms with van der Waals surface area (Å²) in [7, 11) is 0. The molecule has 0 spiro atoms. The Hall–Kier alpha value is -2.63. The predicted molar refractivity (Wildman–Crippen MR) is 99.6 cm³/mol. The highest BCUT2D eigenvalue weighted by atomic mass is 16.5. The van der Waals surface area contributed by atoms with Gasteiger partial charge >= 0.3 is 0 Å². The van der Waals surface area contributed by atoms with Gasteiger partial charge < -0.3 is 9.64 Å². The highest BCUT2D eigenvalue weighted by Crippen LogP contribution is 2.40. The zero-order valence-electron chi connectivity index (χ0n) is 14.8. The SMILES string of the molecule is c1ccc(OCC2CCN(c3nccn4nc(C5CC5)cc34)CC2)nc1. The number of hydrogen-bond acceptors (Lipinski definition) is 5. The van der Waals surface area contributed by atoms with Gasteiger partial charge in [0.15, 0.2) is 5.82 Å². The van der Waals surface area contributed by atoms with E-state index in [-0.39, 0.29) is 0 Å². The quantitative estimate of drug-likeness (QED) is 0.707. The molecule has 1 aliphatic heterocycles.